The molecular formula is C15H22ClN2O+. The fourth-order valence-corrected chi connectivity index (χ4v) is 2.76. The molecule has 1 heterocycles. The third-order valence-electron chi connectivity index (χ3n) is 4.01. The number of anilines is 1. The standard InChI is InChI=1S/C15H21ClN2O/c1-11-6-8-18(9-7-11)12(2)15(19)17-14-5-3-4-13(16)10-14/h3-5,10-12H,6-9H2,1-2H3,(H,17,19)/p+1/t12-/m1/s1. The van der Waals surface area contributed by atoms with Gasteiger partial charge in [0, 0.05) is 10.7 Å². The van der Waals surface area contributed by atoms with E-state index < -0.39 is 0 Å². The Labute approximate surface area is 119 Å². The van der Waals surface area contributed by atoms with Gasteiger partial charge >= 0.3 is 0 Å². The van der Waals surface area contributed by atoms with Gasteiger partial charge in [0.15, 0.2) is 6.04 Å². The quantitative estimate of drug-likeness (QED) is 0.873. The maximum Gasteiger partial charge on any atom is 0.282 e. The van der Waals surface area contributed by atoms with Crippen LogP contribution in [0.15, 0.2) is 24.3 Å². The molecule has 2 rings (SSSR count). The first-order chi connectivity index (χ1) is 9.06. The van der Waals surface area contributed by atoms with Crippen molar-refractivity contribution in [3.63, 3.8) is 0 Å². The maximum absolute atomic E-state index is 12.2. The summed E-state index contributed by atoms with van der Waals surface area (Å²) in [5, 5.41) is 3.59. The molecule has 4 heteroatoms. The molecule has 1 fully saturated rings. The van der Waals surface area contributed by atoms with Crippen LogP contribution in [0.4, 0.5) is 5.69 Å². The highest BCUT2D eigenvalue weighted by Gasteiger charge is 2.28. The summed E-state index contributed by atoms with van der Waals surface area (Å²) in [5.41, 5.74) is 0.772. The van der Waals surface area contributed by atoms with Gasteiger partial charge in [-0.15, -0.1) is 0 Å². The van der Waals surface area contributed by atoms with Crippen LogP contribution < -0.4 is 10.2 Å². The zero-order valence-corrected chi connectivity index (χ0v) is 12.3. The monoisotopic (exact) mass is 281 g/mol. The number of likely N-dealkylation sites (tertiary alicyclic amines) is 1. The lowest BCUT2D eigenvalue weighted by Crippen LogP contribution is -3.17. The van der Waals surface area contributed by atoms with E-state index >= 15 is 0 Å². The van der Waals surface area contributed by atoms with Gasteiger partial charge in [-0.25, -0.2) is 0 Å². The lowest BCUT2D eigenvalue weighted by Gasteiger charge is -2.31. The van der Waals surface area contributed by atoms with E-state index in [1.165, 1.54) is 17.7 Å². The molecule has 1 aromatic carbocycles. The number of quaternary nitrogens is 1. The highest BCUT2D eigenvalue weighted by Crippen LogP contribution is 2.15. The van der Waals surface area contributed by atoms with Crippen molar-refractivity contribution in [2.45, 2.75) is 32.7 Å². The van der Waals surface area contributed by atoms with Crippen LogP contribution in [0.3, 0.4) is 0 Å². The van der Waals surface area contributed by atoms with Crippen LogP contribution in [0, 0.1) is 5.92 Å². The summed E-state index contributed by atoms with van der Waals surface area (Å²) >= 11 is 5.92. The van der Waals surface area contributed by atoms with Crippen LogP contribution in [0.2, 0.25) is 5.02 Å². The number of rotatable bonds is 3. The topological polar surface area (TPSA) is 33.5 Å². The van der Waals surface area contributed by atoms with Crippen molar-refractivity contribution in [3.05, 3.63) is 29.3 Å². The molecule has 1 aliphatic heterocycles. The summed E-state index contributed by atoms with van der Waals surface area (Å²) < 4.78 is 0. The van der Waals surface area contributed by atoms with Crippen molar-refractivity contribution in [3.8, 4) is 0 Å². The Bertz CT molecular complexity index is 442. The number of piperidine rings is 1. The molecule has 0 radical (unpaired) electrons. The van der Waals surface area contributed by atoms with Crippen LogP contribution in [0.5, 0.6) is 0 Å². The normalized spacial score (nSPS) is 24.8. The SMILES string of the molecule is CC1CC[NH+]([C@H](C)C(=O)Nc2cccc(Cl)c2)CC1. The van der Waals surface area contributed by atoms with E-state index in [0.29, 0.717) is 5.02 Å². The Morgan fingerprint density at radius 1 is 1.42 bits per heavy atom. The van der Waals surface area contributed by atoms with E-state index in [1.807, 2.05) is 19.1 Å². The highest BCUT2D eigenvalue weighted by molar-refractivity contribution is 6.30. The van der Waals surface area contributed by atoms with Crippen molar-refractivity contribution in [2.24, 2.45) is 5.92 Å². The molecule has 0 spiro atoms. The number of amides is 1. The van der Waals surface area contributed by atoms with Crippen LogP contribution in [-0.4, -0.2) is 25.0 Å². The van der Waals surface area contributed by atoms with Gasteiger partial charge in [-0.3, -0.25) is 4.79 Å². The van der Waals surface area contributed by atoms with Crippen LogP contribution in [0.25, 0.3) is 0 Å². The van der Waals surface area contributed by atoms with Gasteiger partial charge in [0.1, 0.15) is 0 Å². The van der Waals surface area contributed by atoms with Gasteiger partial charge in [0.05, 0.1) is 13.1 Å². The fraction of sp³-hybridized carbons (Fsp3) is 0.533. The van der Waals surface area contributed by atoms with E-state index in [0.717, 1.165) is 24.7 Å². The van der Waals surface area contributed by atoms with E-state index in [2.05, 4.69) is 12.2 Å². The fourth-order valence-electron chi connectivity index (χ4n) is 2.57. The van der Waals surface area contributed by atoms with Gasteiger partial charge in [-0.1, -0.05) is 24.6 Å². The molecule has 2 N–H and O–H groups in total. The Balaban J connectivity index is 1.92. The first-order valence-corrected chi connectivity index (χ1v) is 7.35. The minimum Gasteiger partial charge on any atom is -0.325 e. The average molecular weight is 282 g/mol. The summed E-state index contributed by atoms with van der Waals surface area (Å²) in [4.78, 5) is 13.6. The molecule has 1 saturated heterocycles. The summed E-state index contributed by atoms with van der Waals surface area (Å²) in [6, 6.07) is 7.28. The molecule has 0 saturated carbocycles. The zero-order valence-electron chi connectivity index (χ0n) is 11.6. The van der Waals surface area contributed by atoms with Gasteiger partial charge in [0.2, 0.25) is 0 Å². The third-order valence-corrected chi connectivity index (χ3v) is 4.25. The molecule has 3 nitrogen and oxygen atoms in total. The van der Waals surface area contributed by atoms with Crippen molar-refractivity contribution in [1.82, 2.24) is 0 Å². The molecule has 1 aliphatic rings. The van der Waals surface area contributed by atoms with E-state index in [1.54, 1.807) is 12.1 Å². The zero-order chi connectivity index (χ0) is 13.8. The number of hydrogen-bond acceptors (Lipinski definition) is 1. The predicted octanol–water partition coefficient (Wildman–Crippen LogP) is 1.98. The summed E-state index contributed by atoms with van der Waals surface area (Å²) in [7, 11) is 0. The largest absolute Gasteiger partial charge is 0.325 e. The molecule has 1 amide bonds. The van der Waals surface area contributed by atoms with Crippen molar-refractivity contribution in [2.75, 3.05) is 18.4 Å². The summed E-state index contributed by atoms with van der Waals surface area (Å²) in [5.74, 6) is 0.874. The summed E-state index contributed by atoms with van der Waals surface area (Å²) in [6.07, 6.45) is 2.42. The predicted molar refractivity (Wildman–Crippen MR) is 78.6 cm³/mol. The Morgan fingerprint density at radius 2 is 2.11 bits per heavy atom. The number of benzene rings is 1. The van der Waals surface area contributed by atoms with Gasteiger partial charge in [0.25, 0.3) is 5.91 Å². The van der Waals surface area contributed by atoms with E-state index in [9.17, 15) is 4.79 Å². The minimum absolute atomic E-state index is 0.00789. The molecule has 0 unspecified atom stereocenters. The lowest BCUT2D eigenvalue weighted by atomic mass is 9.98. The van der Waals surface area contributed by atoms with E-state index in [4.69, 9.17) is 11.6 Å². The molecule has 0 bridgehead atoms. The Hall–Kier alpha value is -1.06. The van der Waals surface area contributed by atoms with Crippen molar-refractivity contribution < 1.29 is 9.69 Å². The number of carbonyl (C=O) groups excluding carboxylic acids is 1. The average Bonchev–Trinajstić information content (AvgIpc) is 2.39. The van der Waals surface area contributed by atoms with Crippen molar-refractivity contribution >= 4 is 23.2 Å². The molecule has 19 heavy (non-hydrogen) atoms. The molecule has 0 aromatic heterocycles. The first kappa shape index (κ1) is 14.4. The van der Waals surface area contributed by atoms with E-state index in [-0.39, 0.29) is 11.9 Å². The number of hydrogen-bond donors (Lipinski definition) is 2. The Morgan fingerprint density at radius 3 is 2.74 bits per heavy atom. The second kappa shape index (κ2) is 6.40. The molecule has 104 valence electrons. The van der Waals surface area contributed by atoms with Gasteiger partial charge in [-0.2, -0.15) is 0 Å². The molecule has 0 aliphatic carbocycles. The minimum atomic E-state index is -0.00789. The summed E-state index contributed by atoms with van der Waals surface area (Å²) in [6.45, 7) is 6.47. The highest BCUT2D eigenvalue weighted by atomic mass is 35.5. The van der Waals surface area contributed by atoms with Crippen LogP contribution >= 0.6 is 11.6 Å². The van der Waals surface area contributed by atoms with Gasteiger partial charge < -0.3 is 10.2 Å². The molecule has 1 aromatic rings. The second-order valence-corrected chi connectivity index (χ2v) is 6.00. The number of nitrogens with one attached hydrogen (secondary N) is 2. The first-order valence-electron chi connectivity index (χ1n) is 6.97. The number of halogens is 1. The van der Waals surface area contributed by atoms with Crippen molar-refractivity contribution in [1.29, 1.82) is 0 Å². The van der Waals surface area contributed by atoms with Crippen LogP contribution in [0.1, 0.15) is 26.7 Å². The molecular weight excluding hydrogens is 260 g/mol. The molecule has 1 atom stereocenters. The van der Waals surface area contributed by atoms with Crippen LogP contribution in [-0.2, 0) is 4.79 Å². The number of carbonyl (C=O) groups is 1. The smallest absolute Gasteiger partial charge is 0.282 e. The Kier molecular flexibility index (Phi) is 4.83. The third kappa shape index (κ3) is 3.95. The lowest BCUT2D eigenvalue weighted by molar-refractivity contribution is -0.919. The second-order valence-electron chi connectivity index (χ2n) is 5.56. The van der Waals surface area contributed by atoms with Gasteiger partial charge in [-0.05, 0) is 43.9 Å². The maximum atomic E-state index is 12.2.